The molecule has 0 fully saturated rings. The lowest BCUT2D eigenvalue weighted by Crippen LogP contribution is -2.49. The molecule has 98 valence electrons. The second-order valence-electron chi connectivity index (χ2n) is 4.23. The van der Waals surface area contributed by atoms with Crippen molar-refractivity contribution in [1.82, 2.24) is 5.32 Å². The number of rotatable bonds is 4. The maximum Gasteiger partial charge on any atom is 0.312 e. The molecule has 0 saturated heterocycles. The molecular formula is C12H16BrN3O2. The largest absolute Gasteiger partial charge is 0.352 e. The summed E-state index contributed by atoms with van der Waals surface area (Å²) in [6.45, 7) is 3.67. The Morgan fingerprint density at radius 2 is 1.78 bits per heavy atom. The van der Waals surface area contributed by atoms with Crippen LogP contribution in [0.2, 0.25) is 0 Å². The van der Waals surface area contributed by atoms with Crippen molar-refractivity contribution in [3.63, 3.8) is 0 Å². The van der Waals surface area contributed by atoms with Gasteiger partial charge in [-0.2, -0.15) is 0 Å². The molecule has 18 heavy (non-hydrogen) atoms. The number of amides is 3. The average Bonchev–Trinajstić information content (AvgIpc) is 2.28. The van der Waals surface area contributed by atoms with Gasteiger partial charge in [0, 0.05) is 10.2 Å². The molecule has 6 heteroatoms. The highest BCUT2D eigenvalue weighted by molar-refractivity contribution is 9.10. The van der Waals surface area contributed by atoms with E-state index in [0.29, 0.717) is 5.69 Å². The molecule has 3 amide bonds. The van der Waals surface area contributed by atoms with Crippen molar-refractivity contribution < 1.29 is 9.59 Å². The molecule has 0 spiro atoms. The maximum atomic E-state index is 12.0. The number of nitrogens with two attached hydrogens (primary N) is 1. The van der Waals surface area contributed by atoms with Crippen LogP contribution in [0.3, 0.4) is 0 Å². The quantitative estimate of drug-likeness (QED) is 0.795. The Labute approximate surface area is 114 Å². The molecule has 0 heterocycles. The summed E-state index contributed by atoms with van der Waals surface area (Å²) < 4.78 is 0.927. The van der Waals surface area contributed by atoms with Crippen LogP contribution in [0, 0.1) is 5.92 Å². The molecule has 0 unspecified atom stereocenters. The third-order valence-electron chi connectivity index (χ3n) is 2.36. The second kappa shape index (κ2) is 6.39. The molecular weight excluding hydrogens is 298 g/mol. The summed E-state index contributed by atoms with van der Waals surface area (Å²) in [4.78, 5) is 22.8. The highest BCUT2D eigenvalue weighted by Gasteiger charge is 2.23. The molecule has 0 aliphatic rings. The fourth-order valence-electron chi connectivity index (χ4n) is 1.44. The van der Waals surface area contributed by atoms with Gasteiger partial charge in [-0.1, -0.05) is 29.8 Å². The maximum absolute atomic E-state index is 12.0. The lowest BCUT2D eigenvalue weighted by Gasteiger charge is -2.20. The summed E-state index contributed by atoms with van der Waals surface area (Å²) in [7, 11) is 0. The van der Waals surface area contributed by atoms with Crippen LogP contribution in [-0.2, 0) is 4.79 Å². The SMILES string of the molecule is CC(C)[C@H](NC(N)=O)C(=O)Nc1ccc(Br)cc1. The first-order valence-corrected chi connectivity index (χ1v) is 6.32. The van der Waals surface area contributed by atoms with E-state index in [1.807, 2.05) is 26.0 Å². The Morgan fingerprint density at radius 3 is 2.22 bits per heavy atom. The van der Waals surface area contributed by atoms with Gasteiger partial charge in [-0.3, -0.25) is 4.79 Å². The van der Waals surface area contributed by atoms with Gasteiger partial charge in [-0.15, -0.1) is 0 Å². The van der Waals surface area contributed by atoms with Crippen molar-refractivity contribution >= 4 is 33.6 Å². The van der Waals surface area contributed by atoms with Crippen LogP contribution < -0.4 is 16.4 Å². The van der Waals surface area contributed by atoms with Gasteiger partial charge in [-0.05, 0) is 30.2 Å². The van der Waals surface area contributed by atoms with Gasteiger partial charge in [0.1, 0.15) is 6.04 Å². The van der Waals surface area contributed by atoms with Crippen molar-refractivity contribution in [2.75, 3.05) is 5.32 Å². The van der Waals surface area contributed by atoms with Gasteiger partial charge in [-0.25, -0.2) is 4.79 Å². The van der Waals surface area contributed by atoms with Crippen molar-refractivity contribution in [1.29, 1.82) is 0 Å². The molecule has 5 nitrogen and oxygen atoms in total. The summed E-state index contributed by atoms with van der Waals surface area (Å²) >= 11 is 3.31. The summed E-state index contributed by atoms with van der Waals surface area (Å²) in [5, 5.41) is 5.15. The molecule has 1 aromatic carbocycles. The van der Waals surface area contributed by atoms with Crippen molar-refractivity contribution in [3.8, 4) is 0 Å². The summed E-state index contributed by atoms with van der Waals surface area (Å²) in [6, 6.07) is 5.82. The third kappa shape index (κ3) is 4.37. The van der Waals surface area contributed by atoms with E-state index in [2.05, 4.69) is 26.6 Å². The minimum Gasteiger partial charge on any atom is -0.352 e. The van der Waals surface area contributed by atoms with Crippen LogP contribution in [0.5, 0.6) is 0 Å². The Morgan fingerprint density at radius 1 is 1.22 bits per heavy atom. The average molecular weight is 314 g/mol. The summed E-state index contributed by atoms with van der Waals surface area (Å²) in [5.74, 6) is -0.334. The van der Waals surface area contributed by atoms with E-state index < -0.39 is 12.1 Å². The number of carbonyl (C=O) groups is 2. The Balaban J connectivity index is 2.72. The van der Waals surface area contributed by atoms with Crippen LogP contribution in [0.4, 0.5) is 10.5 Å². The van der Waals surface area contributed by atoms with Gasteiger partial charge >= 0.3 is 6.03 Å². The van der Waals surface area contributed by atoms with E-state index in [-0.39, 0.29) is 11.8 Å². The van der Waals surface area contributed by atoms with Crippen LogP contribution >= 0.6 is 15.9 Å². The lowest BCUT2D eigenvalue weighted by atomic mass is 10.0. The topological polar surface area (TPSA) is 84.2 Å². The number of anilines is 1. The van der Waals surface area contributed by atoms with Crippen molar-refractivity contribution in [2.45, 2.75) is 19.9 Å². The molecule has 0 aliphatic carbocycles. The highest BCUT2D eigenvalue weighted by Crippen LogP contribution is 2.15. The number of carbonyl (C=O) groups excluding carboxylic acids is 2. The number of halogens is 1. The van der Waals surface area contributed by atoms with Gasteiger partial charge < -0.3 is 16.4 Å². The van der Waals surface area contributed by atoms with Crippen molar-refractivity contribution in [3.05, 3.63) is 28.7 Å². The molecule has 0 aliphatic heterocycles. The number of nitrogens with one attached hydrogen (secondary N) is 2. The van der Waals surface area contributed by atoms with Gasteiger partial charge in [0.2, 0.25) is 5.91 Å². The molecule has 0 bridgehead atoms. The van der Waals surface area contributed by atoms with Crippen LogP contribution in [0.1, 0.15) is 13.8 Å². The normalized spacial score (nSPS) is 12.0. The number of hydrogen-bond acceptors (Lipinski definition) is 2. The van der Waals surface area contributed by atoms with E-state index in [0.717, 1.165) is 4.47 Å². The number of benzene rings is 1. The summed E-state index contributed by atoms with van der Waals surface area (Å²) in [5.41, 5.74) is 5.71. The zero-order valence-corrected chi connectivity index (χ0v) is 11.8. The van der Waals surface area contributed by atoms with Gasteiger partial charge in [0.15, 0.2) is 0 Å². The van der Waals surface area contributed by atoms with E-state index in [1.54, 1.807) is 12.1 Å². The van der Waals surface area contributed by atoms with E-state index in [1.165, 1.54) is 0 Å². The molecule has 1 rings (SSSR count). The number of urea groups is 1. The first-order chi connectivity index (χ1) is 8.40. The summed E-state index contributed by atoms with van der Waals surface area (Å²) in [6.07, 6.45) is 0. The molecule has 0 aromatic heterocycles. The fourth-order valence-corrected chi connectivity index (χ4v) is 1.71. The minimum absolute atomic E-state index is 0.0482. The lowest BCUT2D eigenvalue weighted by molar-refractivity contribution is -0.118. The van der Waals surface area contributed by atoms with Gasteiger partial charge in [0.25, 0.3) is 0 Å². The molecule has 0 saturated carbocycles. The fraction of sp³-hybridized carbons (Fsp3) is 0.333. The monoisotopic (exact) mass is 313 g/mol. The smallest absolute Gasteiger partial charge is 0.312 e. The number of hydrogen-bond donors (Lipinski definition) is 3. The predicted octanol–water partition coefficient (Wildman–Crippen LogP) is 2.08. The molecule has 1 atom stereocenters. The van der Waals surface area contributed by atoms with Crippen LogP contribution in [-0.4, -0.2) is 18.0 Å². The Hall–Kier alpha value is -1.56. The molecule has 4 N–H and O–H groups in total. The second-order valence-corrected chi connectivity index (χ2v) is 5.14. The predicted molar refractivity (Wildman–Crippen MR) is 74.1 cm³/mol. The van der Waals surface area contributed by atoms with E-state index in [9.17, 15) is 9.59 Å². The minimum atomic E-state index is -0.709. The van der Waals surface area contributed by atoms with Crippen molar-refractivity contribution in [2.24, 2.45) is 11.7 Å². The third-order valence-corrected chi connectivity index (χ3v) is 2.89. The Kier molecular flexibility index (Phi) is 5.15. The number of primary amides is 1. The first kappa shape index (κ1) is 14.5. The zero-order chi connectivity index (χ0) is 13.7. The Bertz CT molecular complexity index is 431. The van der Waals surface area contributed by atoms with Gasteiger partial charge in [0.05, 0.1) is 0 Å². The zero-order valence-electron chi connectivity index (χ0n) is 10.2. The molecule has 0 radical (unpaired) electrons. The van der Waals surface area contributed by atoms with E-state index in [4.69, 9.17) is 5.73 Å². The molecule has 1 aromatic rings. The van der Waals surface area contributed by atoms with Crippen LogP contribution in [0.25, 0.3) is 0 Å². The van der Waals surface area contributed by atoms with E-state index >= 15 is 0 Å². The van der Waals surface area contributed by atoms with Crippen LogP contribution in [0.15, 0.2) is 28.7 Å². The first-order valence-electron chi connectivity index (χ1n) is 5.52. The standard InChI is InChI=1S/C12H16BrN3O2/c1-7(2)10(16-12(14)18)11(17)15-9-5-3-8(13)4-6-9/h3-7,10H,1-2H3,(H,15,17)(H3,14,16,18)/t10-/m0/s1. The highest BCUT2D eigenvalue weighted by atomic mass is 79.9.